The molecule has 2 amide bonds. The quantitative estimate of drug-likeness (QED) is 0.577. The van der Waals surface area contributed by atoms with Gasteiger partial charge in [0.2, 0.25) is 5.91 Å². The molecule has 1 saturated heterocycles. The zero-order valence-corrected chi connectivity index (χ0v) is 19.9. The molecule has 1 unspecified atom stereocenters. The van der Waals surface area contributed by atoms with Crippen LogP contribution in [0.4, 0.5) is 4.39 Å². The Hall–Kier alpha value is -2.91. The Balaban J connectivity index is 1.25. The molecule has 2 saturated carbocycles. The molecular weight excluding hydrogens is 469 g/mol. The van der Waals surface area contributed by atoms with Crippen LogP contribution in [0.5, 0.6) is 0 Å². The van der Waals surface area contributed by atoms with Crippen molar-refractivity contribution in [1.29, 1.82) is 0 Å². The molecule has 3 fully saturated rings. The highest BCUT2D eigenvalue weighted by atomic mass is 32.2. The van der Waals surface area contributed by atoms with E-state index in [0.29, 0.717) is 49.4 Å². The number of hydrogen-bond acceptors (Lipinski definition) is 5. The highest BCUT2D eigenvalue weighted by molar-refractivity contribution is 7.79. The van der Waals surface area contributed by atoms with E-state index in [1.807, 2.05) is 4.90 Å². The molecule has 2 aliphatic carbocycles. The van der Waals surface area contributed by atoms with E-state index < -0.39 is 22.4 Å². The lowest BCUT2D eigenvalue weighted by Gasteiger charge is -2.24. The second-order valence-electron chi connectivity index (χ2n) is 10.1. The van der Waals surface area contributed by atoms with Gasteiger partial charge in [-0.15, -0.1) is 0 Å². The topological polar surface area (TPSA) is 93.1 Å². The van der Waals surface area contributed by atoms with Gasteiger partial charge >= 0.3 is 0 Å². The van der Waals surface area contributed by atoms with Crippen LogP contribution in [0.25, 0.3) is 11.1 Å². The lowest BCUT2D eigenvalue weighted by molar-refractivity contribution is -0.131. The maximum Gasteiger partial charge on any atom is 0.256 e. The molecule has 2 aliphatic heterocycles. The van der Waals surface area contributed by atoms with Crippen molar-refractivity contribution in [2.24, 2.45) is 16.8 Å². The van der Waals surface area contributed by atoms with E-state index in [0.717, 1.165) is 19.3 Å². The second-order valence-corrected chi connectivity index (χ2v) is 11.0. The number of hydrogen-bond donors (Lipinski definition) is 0. The minimum absolute atomic E-state index is 0.0754. The normalized spacial score (nSPS) is 23.7. The minimum Gasteiger partial charge on any atom is -0.768 e. The van der Waals surface area contributed by atoms with Crippen molar-refractivity contribution in [3.05, 3.63) is 53.8 Å². The maximum atomic E-state index is 15.4. The SMILES string of the molecule is O=C(C1CC1)N1CC[C@@H](CN2C(=O)C3(CC3)N=C2c2ccc(-c3cccc(S(=O)[O-])c3)cc2F)C1. The van der Waals surface area contributed by atoms with Crippen molar-refractivity contribution in [2.45, 2.75) is 42.5 Å². The number of benzene rings is 2. The van der Waals surface area contributed by atoms with Gasteiger partial charge in [-0.3, -0.25) is 23.7 Å². The van der Waals surface area contributed by atoms with Gasteiger partial charge in [0, 0.05) is 30.4 Å². The van der Waals surface area contributed by atoms with E-state index >= 15 is 4.39 Å². The predicted molar refractivity (Wildman–Crippen MR) is 127 cm³/mol. The van der Waals surface area contributed by atoms with E-state index in [1.54, 1.807) is 29.2 Å². The summed E-state index contributed by atoms with van der Waals surface area (Å²) in [5.41, 5.74) is 0.637. The van der Waals surface area contributed by atoms with Crippen LogP contribution in [0.15, 0.2) is 52.4 Å². The van der Waals surface area contributed by atoms with Gasteiger partial charge in [-0.1, -0.05) is 18.2 Å². The fourth-order valence-corrected chi connectivity index (χ4v) is 5.57. The first-order valence-electron chi connectivity index (χ1n) is 12.0. The van der Waals surface area contributed by atoms with Crippen LogP contribution in [0, 0.1) is 17.7 Å². The third-order valence-corrected chi connectivity index (χ3v) is 8.12. The van der Waals surface area contributed by atoms with Crippen molar-refractivity contribution in [3.8, 4) is 11.1 Å². The van der Waals surface area contributed by atoms with Gasteiger partial charge < -0.3 is 9.45 Å². The molecule has 0 N–H and O–H groups in total. The molecule has 0 bridgehead atoms. The Labute approximate surface area is 205 Å². The fraction of sp³-hybridized carbons (Fsp3) is 0.423. The third kappa shape index (κ3) is 4.10. The van der Waals surface area contributed by atoms with Crippen molar-refractivity contribution in [3.63, 3.8) is 0 Å². The summed E-state index contributed by atoms with van der Waals surface area (Å²) in [6, 6.07) is 11.0. The second kappa shape index (κ2) is 8.34. The van der Waals surface area contributed by atoms with Gasteiger partial charge in [-0.2, -0.15) is 0 Å². The fourth-order valence-electron chi connectivity index (χ4n) is 5.16. The number of halogens is 1. The molecule has 2 heterocycles. The van der Waals surface area contributed by atoms with E-state index in [4.69, 9.17) is 4.99 Å². The van der Waals surface area contributed by atoms with Crippen LogP contribution in [0.2, 0.25) is 0 Å². The molecule has 9 heteroatoms. The number of rotatable bonds is 6. The average molecular weight is 495 g/mol. The van der Waals surface area contributed by atoms with E-state index in [1.165, 1.54) is 18.2 Å². The van der Waals surface area contributed by atoms with Gasteiger partial charge in [0.05, 0.1) is 5.56 Å². The highest BCUT2D eigenvalue weighted by Crippen LogP contribution is 2.46. The first kappa shape index (κ1) is 22.5. The molecular formula is C26H25FN3O4S-. The van der Waals surface area contributed by atoms with Crippen molar-refractivity contribution >= 4 is 28.7 Å². The first-order chi connectivity index (χ1) is 16.8. The van der Waals surface area contributed by atoms with Crippen molar-refractivity contribution in [1.82, 2.24) is 9.80 Å². The van der Waals surface area contributed by atoms with Gasteiger partial charge in [0.1, 0.15) is 17.2 Å². The zero-order chi connectivity index (χ0) is 24.3. The summed E-state index contributed by atoms with van der Waals surface area (Å²) in [6.07, 6.45) is 4.10. The molecule has 35 heavy (non-hydrogen) atoms. The Bertz CT molecular complexity index is 1290. The van der Waals surface area contributed by atoms with Gasteiger partial charge in [0.25, 0.3) is 5.91 Å². The molecule has 2 aromatic rings. The molecule has 7 nitrogen and oxygen atoms in total. The standard InChI is InChI=1S/C26H26FN3O4S/c27-22-13-19(18-2-1-3-20(12-18)35(33)34)6-7-21(22)23-28-26(9-10-26)25(32)30(23)15-16-8-11-29(14-16)24(31)17-4-5-17/h1-3,6-7,12-13,16-17H,4-5,8-11,14-15H2,(H,33,34)/p-1/t16-/m1/s1. The van der Waals surface area contributed by atoms with Gasteiger partial charge in [0.15, 0.2) is 0 Å². The smallest absolute Gasteiger partial charge is 0.256 e. The first-order valence-corrected chi connectivity index (χ1v) is 13.1. The van der Waals surface area contributed by atoms with E-state index in [2.05, 4.69) is 0 Å². The lowest BCUT2D eigenvalue weighted by Crippen LogP contribution is -2.41. The number of carbonyl (C=O) groups excluding carboxylic acids is 2. The molecule has 4 aliphatic rings. The third-order valence-electron chi connectivity index (χ3n) is 7.48. The summed E-state index contributed by atoms with van der Waals surface area (Å²) in [5, 5.41) is 0. The Morgan fingerprint density at radius 2 is 1.91 bits per heavy atom. The van der Waals surface area contributed by atoms with E-state index in [-0.39, 0.29) is 34.1 Å². The largest absolute Gasteiger partial charge is 0.768 e. The number of nitrogens with zero attached hydrogens (tertiary/aromatic N) is 3. The summed E-state index contributed by atoms with van der Waals surface area (Å²) in [5.74, 6) is 0.308. The Morgan fingerprint density at radius 1 is 1.14 bits per heavy atom. The Kier molecular flexibility index (Phi) is 5.37. The highest BCUT2D eigenvalue weighted by Gasteiger charge is 2.58. The molecule has 2 atom stereocenters. The summed E-state index contributed by atoms with van der Waals surface area (Å²) in [6.45, 7) is 1.75. The summed E-state index contributed by atoms with van der Waals surface area (Å²) in [4.78, 5) is 34.0. The molecule has 6 rings (SSSR count). The van der Waals surface area contributed by atoms with Crippen LogP contribution < -0.4 is 0 Å². The molecule has 0 radical (unpaired) electrons. The summed E-state index contributed by atoms with van der Waals surface area (Å²) in [7, 11) is 0. The van der Waals surface area contributed by atoms with Crippen LogP contribution in [-0.2, 0) is 20.7 Å². The monoisotopic (exact) mass is 494 g/mol. The van der Waals surface area contributed by atoms with Crippen LogP contribution in [0.3, 0.4) is 0 Å². The number of aliphatic imine (C=N–C) groups is 1. The van der Waals surface area contributed by atoms with Crippen LogP contribution >= 0.6 is 0 Å². The molecule has 0 aromatic heterocycles. The van der Waals surface area contributed by atoms with Crippen LogP contribution in [-0.4, -0.2) is 61.4 Å². The molecule has 1 spiro atoms. The average Bonchev–Trinajstić information content (AvgIpc) is 3.78. The summed E-state index contributed by atoms with van der Waals surface area (Å²) < 4.78 is 38.0. The number of carbonyl (C=O) groups is 2. The molecule has 2 aromatic carbocycles. The zero-order valence-electron chi connectivity index (χ0n) is 19.1. The minimum atomic E-state index is -2.37. The van der Waals surface area contributed by atoms with E-state index in [9.17, 15) is 18.4 Å². The molecule has 182 valence electrons. The lowest BCUT2D eigenvalue weighted by atomic mass is 10.0. The number of amidine groups is 1. The van der Waals surface area contributed by atoms with Gasteiger partial charge in [-0.25, -0.2) is 4.39 Å². The Morgan fingerprint density at radius 3 is 2.60 bits per heavy atom. The van der Waals surface area contributed by atoms with Crippen molar-refractivity contribution in [2.75, 3.05) is 19.6 Å². The summed E-state index contributed by atoms with van der Waals surface area (Å²) >= 11 is -2.37. The predicted octanol–water partition coefficient (Wildman–Crippen LogP) is 3.11. The number of likely N-dealkylation sites (tertiary alicyclic amines) is 1. The number of amides is 2. The van der Waals surface area contributed by atoms with Crippen molar-refractivity contribution < 1.29 is 22.7 Å². The van der Waals surface area contributed by atoms with Crippen LogP contribution in [0.1, 0.15) is 37.7 Å². The van der Waals surface area contributed by atoms with Gasteiger partial charge in [-0.05, 0) is 84.5 Å². The maximum absolute atomic E-state index is 15.4.